The van der Waals surface area contributed by atoms with E-state index >= 15 is 0 Å². The highest BCUT2D eigenvalue weighted by atomic mass is 16.5. The molecular formula is C17H18N2O4. The van der Waals surface area contributed by atoms with Crippen molar-refractivity contribution < 1.29 is 19.1 Å². The molecule has 0 atom stereocenters. The largest absolute Gasteiger partial charge is 0.495 e. The number of anilines is 2. The lowest BCUT2D eigenvalue weighted by atomic mass is 10.2. The van der Waals surface area contributed by atoms with E-state index in [4.69, 9.17) is 9.47 Å². The van der Waals surface area contributed by atoms with E-state index in [9.17, 15) is 9.59 Å². The average molecular weight is 314 g/mol. The van der Waals surface area contributed by atoms with Gasteiger partial charge in [-0.3, -0.25) is 4.79 Å². The zero-order chi connectivity index (χ0) is 16.7. The Bertz CT molecular complexity index is 700. The number of hydrogen-bond acceptors (Lipinski definition) is 5. The van der Waals surface area contributed by atoms with Gasteiger partial charge in [-0.15, -0.1) is 0 Å². The van der Waals surface area contributed by atoms with E-state index in [2.05, 4.69) is 10.6 Å². The molecule has 0 aromatic heterocycles. The maximum atomic E-state index is 12.1. The van der Waals surface area contributed by atoms with Crippen LogP contribution in [-0.2, 0) is 9.53 Å². The van der Waals surface area contributed by atoms with Gasteiger partial charge in [0.2, 0.25) is 5.91 Å². The number of methoxy groups -OCH3 is 2. The molecule has 23 heavy (non-hydrogen) atoms. The van der Waals surface area contributed by atoms with Gasteiger partial charge in [0.15, 0.2) is 0 Å². The Morgan fingerprint density at radius 3 is 2.30 bits per heavy atom. The number of hydrogen-bond donors (Lipinski definition) is 2. The number of ether oxygens (including phenoxy) is 2. The second kappa shape index (κ2) is 7.84. The lowest BCUT2D eigenvalue weighted by Gasteiger charge is -2.12. The van der Waals surface area contributed by atoms with E-state index in [-0.39, 0.29) is 12.5 Å². The van der Waals surface area contributed by atoms with Crippen molar-refractivity contribution >= 4 is 23.3 Å². The Morgan fingerprint density at radius 2 is 1.61 bits per heavy atom. The third kappa shape index (κ3) is 4.23. The molecule has 0 heterocycles. The summed E-state index contributed by atoms with van der Waals surface area (Å²) < 4.78 is 9.90. The molecule has 1 amide bonds. The summed E-state index contributed by atoms with van der Waals surface area (Å²) in [7, 11) is 2.86. The molecule has 0 aliphatic heterocycles. The predicted octanol–water partition coefficient (Wildman–Crippen LogP) is 2.53. The van der Waals surface area contributed by atoms with Gasteiger partial charge in [-0.1, -0.05) is 24.3 Å². The van der Waals surface area contributed by atoms with Crippen LogP contribution in [-0.4, -0.2) is 32.6 Å². The second-order valence-corrected chi connectivity index (χ2v) is 4.64. The van der Waals surface area contributed by atoms with Crippen molar-refractivity contribution in [3.05, 3.63) is 54.1 Å². The molecule has 0 aliphatic carbocycles. The molecule has 0 saturated heterocycles. The van der Waals surface area contributed by atoms with Crippen molar-refractivity contribution in [3.8, 4) is 5.75 Å². The maximum absolute atomic E-state index is 12.1. The van der Waals surface area contributed by atoms with Crippen LogP contribution in [0.15, 0.2) is 48.5 Å². The monoisotopic (exact) mass is 314 g/mol. The highest BCUT2D eigenvalue weighted by Gasteiger charge is 2.13. The van der Waals surface area contributed by atoms with Crippen molar-refractivity contribution in [2.24, 2.45) is 0 Å². The first-order valence-electron chi connectivity index (χ1n) is 6.99. The second-order valence-electron chi connectivity index (χ2n) is 4.64. The fraction of sp³-hybridized carbons (Fsp3) is 0.176. The molecule has 2 N–H and O–H groups in total. The molecule has 0 unspecified atom stereocenters. The van der Waals surface area contributed by atoms with Crippen molar-refractivity contribution in [2.45, 2.75) is 0 Å². The molecule has 2 rings (SSSR count). The Morgan fingerprint density at radius 1 is 0.957 bits per heavy atom. The number of esters is 1. The molecule has 120 valence electrons. The SMILES string of the molecule is COC(=O)c1ccccc1NC(=O)CNc1ccccc1OC. The van der Waals surface area contributed by atoms with E-state index in [1.54, 1.807) is 37.4 Å². The fourth-order valence-electron chi connectivity index (χ4n) is 2.04. The van der Waals surface area contributed by atoms with Crippen LogP contribution in [0.25, 0.3) is 0 Å². The molecule has 2 aromatic rings. The number of rotatable bonds is 6. The molecule has 2 aromatic carbocycles. The number of carbonyl (C=O) groups excluding carboxylic acids is 2. The molecule has 0 spiro atoms. The number of benzene rings is 2. The molecule has 0 fully saturated rings. The van der Waals surface area contributed by atoms with Crippen LogP contribution in [0.1, 0.15) is 10.4 Å². The molecule has 0 aliphatic rings. The summed E-state index contributed by atoms with van der Waals surface area (Å²) in [4.78, 5) is 23.8. The number of nitrogens with one attached hydrogen (secondary N) is 2. The normalized spacial score (nSPS) is 9.83. The highest BCUT2D eigenvalue weighted by molar-refractivity contribution is 6.02. The van der Waals surface area contributed by atoms with Crippen LogP contribution < -0.4 is 15.4 Å². The topological polar surface area (TPSA) is 76.7 Å². The predicted molar refractivity (Wildman–Crippen MR) is 87.9 cm³/mol. The van der Waals surface area contributed by atoms with Gasteiger partial charge in [-0.25, -0.2) is 4.79 Å². The highest BCUT2D eigenvalue weighted by Crippen LogP contribution is 2.22. The van der Waals surface area contributed by atoms with Crippen LogP contribution >= 0.6 is 0 Å². The van der Waals surface area contributed by atoms with Gasteiger partial charge in [0, 0.05) is 0 Å². The standard InChI is InChI=1S/C17H18N2O4/c1-22-15-10-6-5-9-14(15)18-11-16(20)19-13-8-4-3-7-12(13)17(21)23-2/h3-10,18H,11H2,1-2H3,(H,19,20). The first-order valence-corrected chi connectivity index (χ1v) is 6.99. The van der Waals surface area contributed by atoms with Gasteiger partial charge in [-0.2, -0.15) is 0 Å². The summed E-state index contributed by atoms with van der Waals surface area (Å²) in [5.41, 5.74) is 1.43. The van der Waals surface area contributed by atoms with E-state index in [0.717, 1.165) is 0 Å². The zero-order valence-electron chi connectivity index (χ0n) is 13.0. The third-order valence-electron chi connectivity index (χ3n) is 3.15. The lowest BCUT2D eigenvalue weighted by molar-refractivity contribution is -0.114. The Kier molecular flexibility index (Phi) is 5.57. The summed E-state index contributed by atoms with van der Waals surface area (Å²) >= 11 is 0. The van der Waals surface area contributed by atoms with E-state index in [0.29, 0.717) is 22.7 Å². The van der Waals surface area contributed by atoms with Crippen molar-refractivity contribution in [1.82, 2.24) is 0 Å². The molecule has 6 heteroatoms. The smallest absolute Gasteiger partial charge is 0.339 e. The first kappa shape index (κ1) is 16.4. The van der Waals surface area contributed by atoms with Crippen LogP contribution in [0.2, 0.25) is 0 Å². The molecule has 0 saturated carbocycles. The minimum absolute atomic E-state index is 0.0376. The number of para-hydroxylation sites is 3. The van der Waals surface area contributed by atoms with Gasteiger partial charge in [0.25, 0.3) is 0 Å². The minimum atomic E-state index is -0.501. The fourth-order valence-corrected chi connectivity index (χ4v) is 2.04. The Hall–Kier alpha value is -3.02. The quantitative estimate of drug-likeness (QED) is 0.801. The van der Waals surface area contributed by atoms with Gasteiger partial charge < -0.3 is 20.1 Å². The van der Waals surface area contributed by atoms with Crippen molar-refractivity contribution in [3.63, 3.8) is 0 Å². The zero-order valence-corrected chi connectivity index (χ0v) is 13.0. The van der Waals surface area contributed by atoms with Gasteiger partial charge in [0.05, 0.1) is 37.7 Å². The summed E-state index contributed by atoms with van der Waals surface area (Å²) in [5, 5.41) is 5.68. The molecule has 6 nitrogen and oxygen atoms in total. The summed E-state index contributed by atoms with van der Waals surface area (Å²) in [5.74, 6) is -0.138. The maximum Gasteiger partial charge on any atom is 0.339 e. The van der Waals surface area contributed by atoms with Crippen LogP contribution in [0, 0.1) is 0 Å². The van der Waals surface area contributed by atoms with E-state index in [1.165, 1.54) is 7.11 Å². The third-order valence-corrected chi connectivity index (χ3v) is 3.15. The van der Waals surface area contributed by atoms with Crippen molar-refractivity contribution in [1.29, 1.82) is 0 Å². The summed E-state index contributed by atoms with van der Waals surface area (Å²) in [6.07, 6.45) is 0. The van der Waals surface area contributed by atoms with E-state index in [1.807, 2.05) is 18.2 Å². The Labute approximate surface area is 134 Å². The molecule has 0 bridgehead atoms. The molecule has 0 radical (unpaired) electrons. The van der Waals surface area contributed by atoms with Crippen molar-refractivity contribution in [2.75, 3.05) is 31.4 Å². The van der Waals surface area contributed by atoms with Crippen LogP contribution in [0.4, 0.5) is 11.4 Å². The number of carbonyl (C=O) groups is 2. The number of amides is 1. The average Bonchev–Trinajstić information content (AvgIpc) is 2.60. The van der Waals surface area contributed by atoms with Gasteiger partial charge >= 0.3 is 5.97 Å². The van der Waals surface area contributed by atoms with Crippen LogP contribution in [0.3, 0.4) is 0 Å². The summed E-state index contributed by atoms with van der Waals surface area (Å²) in [6, 6.07) is 14.0. The molecular weight excluding hydrogens is 296 g/mol. The van der Waals surface area contributed by atoms with Crippen LogP contribution in [0.5, 0.6) is 5.75 Å². The first-order chi connectivity index (χ1) is 11.2. The van der Waals surface area contributed by atoms with Gasteiger partial charge in [-0.05, 0) is 24.3 Å². The lowest BCUT2D eigenvalue weighted by Crippen LogP contribution is -2.23. The Balaban J connectivity index is 2.02. The minimum Gasteiger partial charge on any atom is -0.495 e. The van der Waals surface area contributed by atoms with E-state index < -0.39 is 5.97 Å². The van der Waals surface area contributed by atoms with Gasteiger partial charge in [0.1, 0.15) is 5.75 Å². The summed E-state index contributed by atoms with van der Waals surface area (Å²) in [6.45, 7) is 0.0376.